The normalized spacial score (nSPS) is 16.5. The van der Waals surface area contributed by atoms with Gasteiger partial charge in [-0.25, -0.2) is 4.98 Å². The summed E-state index contributed by atoms with van der Waals surface area (Å²) in [6.07, 6.45) is 8.69. The van der Waals surface area contributed by atoms with Crippen LogP contribution in [0.4, 0.5) is 5.69 Å². The lowest BCUT2D eigenvalue weighted by molar-refractivity contribution is -0.127. The van der Waals surface area contributed by atoms with Gasteiger partial charge in [0.2, 0.25) is 11.8 Å². The van der Waals surface area contributed by atoms with E-state index in [-0.39, 0.29) is 17.5 Å². The molecule has 0 saturated carbocycles. The lowest BCUT2D eigenvalue weighted by Gasteiger charge is -2.39. The van der Waals surface area contributed by atoms with Crippen LogP contribution in [0.1, 0.15) is 19.8 Å². The highest BCUT2D eigenvalue weighted by Crippen LogP contribution is 2.26. The molecule has 2 N–H and O–H groups in total. The van der Waals surface area contributed by atoms with Gasteiger partial charge < -0.3 is 24.8 Å². The first-order valence-corrected chi connectivity index (χ1v) is 10.7. The van der Waals surface area contributed by atoms with Crippen molar-refractivity contribution in [1.29, 1.82) is 0 Å². The van der Waals surface area contributed by atoms with Crippen LogP contribution in [-0.4, -0.2) is 67.2 Å². The lowest BCUT2D eigenvalue weighted by atomic mass is 10.0. The number of piperidine rings is 1. The molecule has 0 spiro atoms. The molecule has 0 aromatic carbocycles. The van der Waals surface area contributed by atoms with E-state index in [0.29, 0.717) is 31.2 Å². The van der Waals surface area contributed by atoms with E-state index in [1.165, 1.54) is 0 Å². The van der Waals surface area contributed by atoms with Crippen molar-refractivity contribution in [3.8, 4) is 17.0 Å². The fraction of sp³-hybridized carbons (Fsp3) is 0.435. The number of likely N-dealkylation sites (tertiary alicyclic amines) is 1. The molecule has 1 unspecified atom stereocenters. The molecule has 2 aromatic rings. The topological polar surface area (TPSA) is 90.6 Å². The van der Waals surface area contributed by atoms with Crippen molar-refractivity contribution in [3.63, 3.8) is 0 Å². The van der Waals surface area contributed by atoms with Crippen LogP contribution in [0.3, 0.4) is 0 Å². The summed E-state index contributed by atoms with van der Waals surface area (Å²) < 4.78 is 5.22. The molecular weight excluding hydrogens is 394 g/mol. The Balaban J connectivity index is 1.84. The van der Waals surface area contributed by atoms with E-state index >= 15 is 0 Å². The Morgan fingerprint density at radius 1 is 1.42 bits per heavy atom. The molecule has 8 nitrogen and oxygen atoms in total. The summed E-state index contributed by atoms with van der Waals surface area (Å²) in [6.45, 7) is 4.71. The van der Waals surface area contributed by atoms with Crippen LogP contribution in [0.5, 0.6) is 5.88 Å². The van der Waals surface area contributed by atoms with E-state index in [9.17, 15) is 9.59 Å². The number of likely N-dealkylation sites (N-methyl/N-ethyl adjacent to an activating group) is 2. The van der Waals surface area contributed by atoms with E-state index in [1.807, 2.05) is 43.1 Å². The standard InChI is InChI=1S/C23H31N5O3/c1-4-28(19-7-6-12-27(16-19)22(29)8-5-10-24-2)20-13-18(15-26-23(20)30)17-9-11-25-21(14-17)31-3/h5,8-9,11,13-15,19,24H,4,6-7,10,12,16H2,1-3H3,(H,26,30)/b8-5+. The number of nitrogens with one attached hydrogen (secondary N) is 2. The van der Waals surface area contributed by atoms with Gasteiger partial charge in [0.05, 0.1) is 7.11 Å². The average Bonchev–Trinajstić information content (AvgIpc) is 2.81. The summed E-state index contributed by atoms with van der Waals surface area (Å²) >= 11 is 0. The third-order valence-corrected chi connectivity index (χ3v) is 5.54. The molecule has 3 rings (SSSR count). The largest absolute Gasteiger partial charge is 0.481 e. The number of ether oxygens (including phenoxy) is 1. The van der Waals surface area contributed by atoms with Gasteiger partial charge in [0, 0.05) is 62.3 Å². The molecule has 1 atom stereocenters. The highest BCUT2D eigenvalue weighted by molar-refractivity contribution is 5.87. The molecule has 2 aromatic heterocycles. The summed E-state index contributed by atoms with van der Waals surface area (Å²) in [5, 5.41) is 3.00. The molecule has 1 amide bonds. The summed E-state index contributed by atoms with van der Waals surface area (Å²) in [4.78, 5) is 36.3. The maximum absolute atomic E-state index is 12.7. The molecule has 1 saturated heterocycles. The maximum atomic E-state index is 12.7. The summed E-state index contributed by atoms with van der Waals surface area (Å²) in [6, 6.07) is 5.72. The van der Waals surface area contributed by atoms with Gasteiger partial charge in [0.1, 0.15) is 5.69 Å². The van der Waals surface area contributed by atoms with Crippen LogP contribution in [0.15, 0.2) is 47.5 Å². The Labute approximate surface area is 182 Å². The first kappa shape index (κ1) is 22.6. The monoisotopic (exact) mass is 425 g/mol. The zero-order valence-electron chi connectivity index (χ0n) is 18.4. The molecule has 1 fully saturated rings. The third kappa shape index (κ3) is 5.52. The molecule has 166 valence electrons. The van der Waals surface area contributed by atoms with Crippen LogP contribution >= 0.6 is 0 Å². The molecule has 0 radical (unpaired) electrons. The number of hydrogen-bond acceptors (Lipinski definition) is 6. The Hall–Kier alpha value is -3.13. The number of carbonyl (C=O) groups is 1. The van der Waals surface area contributed by atoms with Gasteiger partial charge in [0.25, 0.3) is 5.56 Å². The molecule has 31 heavy (non-hydrogen) atoms. The van der Waals surface area contributed by atoms with Gasteiger partial charge in [-0.1, -0.05) is 6.08 Å². The SMILES string of the molecule is CCN(c1cc(-c2ccnc(OC)c2)c[nH]c1=O)C1CCCN(C(=O)/C=C/CNC)C1. The molecule has 8 heteroatoms. The minimum absolute atomic E-state index is 0.0162. The van der Waals surface area contributed by atoms with Gasteiger partial charge in [-0.2, -0.15) is 0 Å². The second-order valence-electron chi connectivity index (χ2n) is 7.52. The molecule has 1 aliphatic rings. The van der Waals surface area contributed by atoms with Crippen molar-refractivity contribution >= 4 is 11.6 Å². The van der Waals surface area contributed by atoms with Crippen molar-refractivity contribution in [2.45, 2.75) is 25.8 Å². The Morgan fingerprint density at radius 3 is 3.00 bits per heavy atom. The minimum Gasteiger partial charge on any atom is -0.481 e. The van der Waals surface area contributed by atoms with E-state index in [4.69, 9.17) is 4.74 Å². The van der Waals surface area contributed by atoms with Crippen LogP contribution in [0, 0.1) is 0 Å². The molecule has 3 heterocycles. The number of amides is 1. The minimum atomic E-state index is -0.135. The zero-order valence-corrected chi connectivity index (χ0v) is 18.4. The van der Waals surface area contributed by atoms with Crippen LogP contribution in [-0.2, 0) is 4.79 Å². The first-order chi connectivity index (χ1) is 15.1. The summed E-state index contributed by atoms with van der Waals surface area (Å²) in [5.41, 5.74) is 2.27. The smallest absolute Gasteiger partial charge is 0.271 e. The van der Waals surface area contributed by atoms with Crippen LogP contribution in [0.2, 0.25) is 0 Å². The molecular formula is C23H31N5O3. The number of rotatable bonds is 8. The number of aromatic amines is 1. The highest BCUT2D eigenvalue weighted by Gasteiger charge is 2.28. The Morgan fingerprint density at radius 2 is 2.26 bits per heavy atom. The number of H-pyrrole nitrogens is 1. The highest BCUT2D eigenvalue weighted by atomic mass is 16.5. The number of pyridine rings is 2. The fourth-order valence-corrected chi connectivity index (χ4v) is 3.97. The van der Waals surface area contributed by atoms with Crippen molar-refractivity contribution < 1.29 is 9.53 Å². The fourth-order valence-electron chi connectivity index (χ4n) is 3.97. The summed E-state index contributed by atoms with van der Waals surface area (Å²) in [5.74, 6) is 0.535. The number of hydrogen-bond donors (Lipinski definition) is 2. The third-order valence-electron chi connectivity index (χ3n) is 5.54. The quantitative estimate of drug-likeness (QED) is 0.629. The lowest BCUT2D eigenvalue weighted by Crippen LogP contribution is -2.50. The second kappa shape index (κ2) is 10.8. The van der Waals surface area contributed by atoms with Gasteiger partial charge in [-0.05, 0) is 44.5 Å². The zero-order chi connectivity index (χ0) is 22.2. The van der Waals surface area contributed by atoms with E-state index in [1.54, 1.807) is 25.6 Å². The number of carbonyl (C=O) groups excluding carboxylic acids is 1. The van der Waals surface area contributed by atoms with Crippen molar-refractivity contribution in [2.24, 2.45) is 0 Å². The van der Waals surface area contributed by atoms with Crippen molar-refractivity contribution in [2.75, 3.05) is 45.2 Å². The first-order valence-electron chi connectivity index (χ1n) is 10.7. The van der Waals surface area contributed by atoms with Crippen molar-refractivity contribution in [1.82, 2.24) is 20.2 Å². The van der Waals surface area contributed by atoms with Crippen LogP contribution in [0.25, 0.3) is 11.1 Å². The molecule has 0 aliphatic carbocycles. The number of nitrogens with zero attached hydrogens (tertiary/aromatic N) is 3. The Kier molecular flexibility index (Phi) is 7.83. The number of methoxy groups -OCH3 is 1. The van der Waals surface area contributed by atoms with E-state index in [0.717, 1.165) is 30.5 Å². The Bertz CT molecular complexity index is 972. The van der Waals surface area contributed by atoms with Gasteiger partial charge in [-0.15, -0.1) is 0 Å². The number of aromatic nitrogens is 2. The average molecular weight is 426 g/mol. The van der Waals surface area contributed by atoms with Crippen molar-refractivity contribution in [3.05, 3.63) is 53.1 Å². The van der Waals surface area contributed by atoms with E-state index in [2.05, 4.69) is 20.2 Å². The van der Waals surface area contributed by atoms with E-state index < -0.39 is 0 Å². The van der Waals surface area contributed by atoms with Gasteiger partial charge in [-0.3, -0.25) is 9.59 Å². The van der Waals surface area contributed by atoms with Gasteiger partial charge in [0.15, 0.2) is 0 Å². The summed E-state index contributed by atoms with van der Waals surface area (Å²) in [7, 11) is 3.42. The predicted molar refractivity (Wildman–Crippen MR) is 123 cm³/mol. The van der Waals surface area contributed by atoms with Crippen LogP contribution < -0.4 is 20.5 Å². The second-order valence-corrected chi connectivity index (χ2v) is 7.52. The number of anilines is 1. The molecule has 1 aliphatic heterocycles. The molecule has 0 bridgehead atoms. The predicted octanol–water partition coefficient (Wildman–Crippen LogP) is 2.04. The van der Waals surface area contributed by atoms with Gasteiger partial charge >= 0.3 is 0 Å². The maximum Gasteiger partial charge on any atom is 0.271 e.